The molecule has 0 radical (unpaired) electrons. The first-order valence-corrected chi connectivity index (χ1v) is 12.2. The smallest absolute Gasteiger partial charge is 0.150 e. The van der Waals surface area contributed by atoms with Crippen LogP contribution in [0.25, 0.3) is 0 Å². The third-order valence-electron chi connectivity index (χ3n) is 6.48. The van der Waals surface area contributed by atoms with Gasteiger partial charge in [-0.2, -0.15) is 5.26 Å². The maximum atomic E-state index is 15.2. The summed E-state index contributed by atoms with van der Waals surface area (Å²) >= 11 is 6.12. The largest absolute Gasteiger partial charge is 0.491 e. The van der Waals surface area contributed by atoms with E-state index in [2.05, 4.69) is 11.0 Å². The van der Waals surface area contributed by atoms with Gasteiger partial charge in [0.05, 0.1) is 35.6 Å². The van der Waals surface area contributed by atoms with Crippen LogP contribution in [0.2, 0.25) is 5.02 Å². The highest BCUT2D eigenvalue weighted by atomic mass is 35.5. The monoisotopic (exact) mass is 509 g/mol. The Morgan fingerprint density at radius 3 is 2.47 bits per heavy atom. The van der Waals surface area contributed by atoms with Crippen molar-refractivity contribution in [2.75, 3.05) is 44.3 Å². The number of benzene rings is 3. The quantitative estimate of drug-likeness (QED) is 0.465. The van der Waals surface area contributed by atoms with Gasteiger partial charge < -0.3 is 19.8 Å². The predicted molar refractivity (Wildman–Crippen MR) is 138 cm³/mol. The van der Waals surface area contributed by atoms with E-state index < -0.39 is 11.4 Å². The zero-order chi connectivity index (χ0) is 25.7. The molecule has 1 aliphatic rings. The molecule has 36 heavy (non-hydrogen) atoms. The topological polar surface area (TPSA) is 80.0 Å². The van der Waals surface area contributed by atoms with Crippen molar-refractivity contribution in [1.82, 2.24) is 4.90 Å². The third-order valence-corrected chi connectivity index (χ3v) is 6.73. The van der Waals surface area contributed by atoms with Crippen LogP contribution in [0, 0.1) is 17.1 Å². The van der Waals surface area contributed by atoms with Crippen molar-refractivity contribution < 1.29 is 19.3 Å². The van der Waals surface area contributed by atoms with Gasteiger partial charge >= 0.3 is 0 Å². The van der Waals surface area contributed by atoms with Gasteiger partial charge in [-0.25, -0.2) is 4.39 Å². The molecule has 1 fully saturated rings. The fraction of sp³-hybridized carbons (Fsp3) is 0.321. The lowest BCUT2D eigenvalue weighted by atomic mass is 9.93. The maximum Gasteiger partial charge on any atom is 0.150 e. The lowest BCUT2D eigenvalue weighted by Crippen LogP contribution is -2.52. The van der Waals surface area contributed by atoms with Crippen LogP contribution in [0.15, 0.2) is 66.7 Å². The number of halogens is 2. The number of hydrogen-bond acceptors (Lipinski definition) is 6. The predicted octanol–water partition coefficient (Wildman–Crippen LogP) is 4.49. The number of nitriles is 1. The van der Waals surface area contributed by atoms with Crippen LogP contribution in [-0.4, -0.2) is 54.5 Å². The number of aliphatic hydroxyl groups excluding tert-OH is 1. The minimum absolute atomic E-state index is 0.101. The fourth-order valence-corrected chi connectivity index (χ4v) is 4.77. The number of hydrogen-bond donors (Lipinski definition) is 2. The number of ether oxygens (including phenoxy) is 1. The summed E-state index contributed by atoms with van der Waals surface area (Å²) in [4.78, 5) is 4.20. The Hall–Kier alpha value is -3.15. The van der Waals surface area contributed by atoms with E-state index in [1.165, 1.54) is 6.07 Å². The van der Waals surface area contributed by atoms with Gasteiger partial charge in [-0.1, -0.05) is 35.9 Å². The number of piperazine rings is 1. The Labute approximate surface area is 215 Å². The van der Waals surface area contributed by atoms with Crippen molar-refractivity contribution in [3.63, 3.8) is 0 Å². The van der Waals surface area contributed by atoms with E-state index >= 15 is 4.39 Å². The van der Waals surface area contributed by atoms with Crippen LogP contribution in [0.5, 0.6) is 5.75 Å². The van der Waals surface area contributed by atoms with Crippen LogP contribution in [0.4, 0.5) is 10.1 Å². The number of anilines is 1. The van der Waals surface area contributed by atoms with Gasteiger partial charge in [0.25, 0.3) is 0 Å². The number of aliphatic hydroxyl groups is 2. The minimum atomic E-state index is -1.13. The summed E-state index contributed by atoms with van der Waals surface area (Å²) in [6, 6.07) is 21.2. The van der Waals surface area contributed by atoms with Gasteiger partial charge in [0, 0.05) is 37.3 Å². The van der Waals surface area contributed by atoms with Crippen LogP contribution < -0.4 is 9.64 Å². The SMILES string of the molecule is C[C@@](O)(CN1CCN(c2ccc(OCCO)cc2F)[C@H](c2ccc(Cl)cc2)C1)c1ccc(C#N)cc1. The molecule has 0 saturated carbocycles. The molecular weight excluding hydrogens is 481 g/mol. The van der Waals surface area contributed by atoms with Crippen molar-refractivity contribution in [1.29, 1.82) is 5.26 Å². The molecule has 6 nitrogen and oxygen atoms in total. The van der Waals surface area contributed by atoms with Crippen molar-refractivity contribution in [3.05, 3.63) is 94.3 Å². The average molecular weight is 510 g/mol. The summed E-state index contributed by atoms with van der Waals surface area (Å²) in [6.45, 7) is 3.84. The number of β-amino-alcohol motifs (C(OH)–C–C–N with tert-alkyl or cyclic N) is 1. The zero-order valence-electron chi connectivity index (χ0n) is 20.1. The zero-order valence-corrected chi connectivity index (χ0v) is 20.8. The Morgan fingerprint density at radius 1 is 1.11 bits per heavy atom. The molecular formula is C28H29ClFN3O3. The molecule has 0 aliphatic carbocycles. The van der Waals surface area contributed by atoms with Crippen LogP contribution in [0.1, 0.15) is 29.7 Å². The second kappa shape index (κ2) is 11.3. The highest BCUT2D eigenvalue weighted by molar-refractivity contribution is 6.30. The van der Waals surface area contributed by atoms with Crippen LogP contribution in [0.3, 0.4) is 0 Å². The molecule has 0 amide bonds. The van der Waals surface area contributed by atoms with Crippen molar-refractivity contribution in [2.24, 2.45) is 0 Å². The first kappa shape index (κ1) is 25.9. The van der Waals surface area contributed by atoms with Gasteiger partial charge in [-0.3, -0.25) is 4.90 Å². The molecule has 3 aromatic rings. The molecule has 1 aliphatic heterocycles. The summed E-state index contributed by atoms with van der Waals surface area (Å²) in [6.07, 6.45) is 0. The van der Waals surface area contributed by atoms with Crippen LogP contribution in [-0.2, 0) is 5.60 Å². The highest BCUT2D eigenvalue weighted by Crippen LogP contribution is 2.35. The third kappa shape index (κ3) is 5.97. The Kier molecular flexibility index (Phi) is 8.12. The van der Waals surface area contributed by atoms with E-state index in [1.54, 1.807) is 43.3 Å². The molecule has 1 saturated heterocycles. The lowest BCUT2D eigenvalue weighted by Gasteiger charge is -2.45. The summed E-state index contributed by atoms with van der Waals surface area (Å²) in [5, 5.41) is 29.9. The first-order valence-electron chi connectivity index (χ1n) is 11.8. The molecule has 2 atom stereocenters. The summed E-state index contributed by atoms with van der Waals surface area (Å²) in [5.74, 6) is -0.0344. The normalized spacial score (nSPS) is 17.9. The van der Waals surface area contributed by atoms with Gasteiger partial charge in [0.2, 0.25) is 0 Å². The summed E-state index contributed by atoms with van der Waals surface area (Å²) in [7, 11) is 0. The number of nitrogens with zero attached hydrogens (tertiary/aromatic N) is 3. The summed E-state index contributed by atoms with van der Waals surface area (Å²) < 4.78 is 20.5. The fourth-order valence-electron chi connectivity index (χ4n) is 4.65. The lowest BCUT2D eigenvalue weighted by molar-refractivity contribution is 0.0102. The molecule has 3 aromatic carbocycles. The van der Waals surface area contributed by atoms with E-state index in [9.17, 15) is 5.11 Å². The first-order chi connectivity index (χ1) is 17.3. The maximum absolute atomic E-state index is 15.2. The molecule has 8 heteroatoms. The molecule has 0 aromatic heterocycles. The molecule has 188 valence electrons. The molecule has 0 spiro atoms. The Balaban J connectivity index is 1.58. The Morgan fingerprint density at radius 2 is 1.83 bits per heavy atom. The molecule has 1 heterocycles. The minimum Gasteiger partial charge on any atom is -0.491 e. The molecule has 0 unspecified atom stereocenters. The second-order valence-corrected chi connectivity index (χ2v) is 9.58. The van der Waals surface area contributed by atoms with E-state index in [4.69, 9.17) is 26.7 Å². The van der Waals surface area contributed by atoms with Crippen LogP contribution >= 0.6 is 11.6 Å². The second-order valence-electron chi connectivity index (χ2n) is 9.14. The summed E-state index contributed by atoms with van der Waals surface area (Å²) in [5.41, 5.74) is 1.60. The van der Waals surface area contributed by atoms with E-state index in [-0.39, 0.29) is 19.3 Å². The molecule has 4 rings (SSSR count). The van der Waals surface area contributed by atoms with E-state index in [0.717, 1.165) is 11.1 Å². The van der Waals surface area contributed by atoms with Gasteiger partial charge in [0.1, 0.15) is 18.2 Å². The van der Waals surface area contributed by atoms with Crippen molar-refractivity contribution in [3.8, 4) is 11.8 Å². The highest BCUT2D eigenvalue weighted by Gasteiger charge is 2.34. The van der Waals surface area contributed by atoms with Crippen molar-refractivity contribution >= 4 is 17.3 Å². The van der Waals surface area contributed by atoms with E-state index in [1.807, 2.05) is 29.2 Å². The van der Waals surface area contributed by atoms with Gasteiger partial charge in [-0.05, 0) is 54.4 Å². The van der Waals surface area contributed by atoms with Gasteiger partial charge in [-0.15, -0.1) is 0 Å². The Bertz CT molecular complexity index is 1210. The molecule has 0 bridgehead atoms. The number of rotatable bonds is 8. The standard InChI is InChI=1S/C28H29ClFN3O3/c1-28(35,22-6-2-20(17-31)3-7-22)19-32-12-13-33(27(18-32)21-4-8-23(29)9-5-21)26-11-10-24(16-25(26)30)36-15-14-34/h2-11,16,27,34-35H,12-15,18-19H2,1H3/t27-,28+/m0/s1. The van der Waals surface area contributed by atoms with Crippen molar-refractivity contribution in [2.45, 2.75) is 18.6 Å². The van der Waals surface area contributed by atoms with E-state index in [0.29, 0.717) is 48.2 Å². The molecule has 2 N–H and O–H groups in total. The van der Waals surface area contributed by atoms with Gasteiger partial charge in [0.15, 0.2) is 0 Å². The average Bonchev–Trinajstić information content (AvgIpc) is 2.88.